The minimum Gasteiger partial charge on any atom is -0.454 e. The lowest BCUT2D eigenvalue weighted by atomic mass is 9.55. The topological polar surface area (TPSA) is 69.7 Å². The molecule has 5 atom stereocenters. The number of aryl methyl sites for hydroxylation is 1. The van der Waals surface area contributed by atoms with Crippen LogP contribution in [0.5, 0.6) is 5.75 Å². The summed E-state index contributed by atoms with van der Waals surface area (Å²) in [5.41, 5.74) is 2.24. The minimum atomic E-state index is -0.575. The monoisotopic (exact) mass is 482 g/mol. The van der Waals surface area contributed by atoms with Gasteiger partial charge < -0.3 is 9.47 Å². The normalized spacial score (nSPS) is 29.2. The molecule has 5 heteroatoms. The van der Waals surface area contributed by atoms with E-state index in [9.17, 15) is 14.4 Å². The van der Waals surface area contributed by atoms with Crippen molar-refractivity contribution in [3.63, 3.8) is 0 Å². The lowest BCUT2D eigenvalue weighted by molar-refractivity contribution is -0.155. The number of Topliss-reactive ketones (excluding diaryl/α,β-unsaturated/α-hetero) is 1. The standard InChI is InChI=1S/C30H42O5/c1-4-6-8-10-27(31)34-21-13-15-22-20(18-21)12-14-24-23(22)16-17-30(3)25(24)19-26(29(30)33)35-28(32)11-9-7-5-2/h13,15,18,23-26H,4-12,14,16-17,19H2,1-3H3/t23-,24-,25+,26-,30+/m1/s1. The number of unbranched alkanes of at least 4 members (excludes halogenated alkanes) is 4. The molecule has 0 radical (unpaired) electrons. The van der Waals surface area contributed by atoms with Crippen molar-refractivity contribution < 1.29 is 23.9 Å². The summed E-state index contributed by atoms with van der Waals surface area (Å²) in [5, 5.41) is 0. The zero-order valence-electron chi connectivity index (χ0n) is 21.8. The quantitative estimate of drug-likeness (QED) is 0.211. The molecule has 0 spiro atoms. The Morgan fingerprint density at radius 1 is 1.00 bits per heavy atom. The second kappa shape index (κ2) is 11.3. The minimum absolute atomic E-state index is 0.140. The molecule has 0 bridgehead atoms. The fraction of sp³-hybridized carbons (Fsp3) is 0.700. The van der Waals surface area contributed by atoms with Crippen LogP contribution in [0.4, 0.5) is 0 Å². The van der Waals surface area contributed by atoms with Crippen LogP contribution in [0.25, 0.3) is 0 Å². The van der Waals surface area contributed by atoms with Gasteiger partial charge in [-0.1, -0.05) is 52.5 Å². The number of fused-ring (bicyclic) bond motifs is 5. The van der Waals surface area contributed by atoms with Gasteiger partial charge in [0.15, 0.2) is 11.9 Å². The van der Waals surface area contributed by atoms with Crippen molar-refractivity contribution in [3.8, 4) is 5.75 Å². The van der Waals surface area contributed by atoms with E-state index < -0.39 is 6.10 Å². The van der Waals surface area contributed by atoms with E-state index in [1.54, 1.807) is 0 Å². The maximum Gasteiger partial charge on any atom is 0.311 e. The fourth-order valence-corrected chi connectivity index (χ4v) is 6.93. The molecule has 0 N–H and O–H groups in total. The predicted molar refractivity (Wildman–Crippen MR) is 135 cm³/mol. The maximum absolute atomic E-state index is 13.4. The van der Waals surface area contributed by atoms with E-state index in [0.29, 0.717) is 36.8 Å². The van der Waals surface area contributed by atoms with Crippen LogP contribution < -0.4 is 4.74 Å². The molecule has 5 nitrogen and oxygen atoms in total. The van der Waals surface area contributed by atoms with Crippen LogP contribution in [0.1, 0.15) is 115 Å². The summed E-state index contributed by atoms with van der Waals surface area (Å²) < 4.78 is 11.3. The predicted octanol–water partition coefficient (Wildman–Crippen LogP) is 6.70. The summed E-state index contributed by atoms with van der Waals surface area (Å²) in [7, 11) is 0. The van der Waals surface area contributed by atoms with Crippen LogP contribution in [-0.4, -0.2) is 23.8 Å². The van der Waals surface area contributed by atoms with Crippen molar-refractivity contribution in [2.45, 2.75) is 116 Å². The van der Waals surface area contributed by atoms with Crippen LogP contribution in [0.2, 0.25) is 0 Å². The summed E-state index contributed by atoms with van der Waals surface area (Å²) in [6, 6.07) is 6.14. The van der Waals surface area contributed by atoms with E-state index in [1.807, 2.05) is 6.07 Å². The lowest BCUT2D eigenvalue weighted by Gasteiger charge is -2.48. The molecule has 2 saturated carbocycles. The second-order valence-electron chi connectivity index (χ2n) is 11.2. The van der Waals surface area contributed by atoms with Crippen LogP contribution in [0.3, 0.4) is 0 Å². The van der Waals surface area contributed by atoms with Crippen LogP contribution in [0.15, 0.2) is 18.2 Å². The average molecular weight is 483 g/mol. The summed E-state index contributed by atoms with van der Waals surface area (Å²) in [5.74, 6) is 1.51. The van der Waals surface area contributed by atoms with Crippen molar-refractivity contribution in [1.29, 1.82) is 0 Å². The SMILES string of the molecule is CCCCCC(=O)Oc1ccc2c(c1)CC[C@@H]1[C@@H]2CC[C@]2(C)C(=O)[C@H](OC(=O)CCCCC)C[C@@H]12. The van der Waals surface area contributed by atoms with Gasteiger partial charge in [-0.2, -0.15) is 0 Å². The van der Waals surface area contributed by atoms with Crippen molar-refractivity contribution >= 4 is 17.7 Å². The molecule has 0 aliphatic heterocycles. The van der Waals surface area contributed by atoms with Crippen LogP contribution >= 0.6 is 0 Å². The maximum atomic E-state index is 13.4. The van der Waals surface area contributed by atoms with E-state index in [4.69, 9.17) is 9.47 Å². The highest BCUT2D eigenvalue weighted by molar-refractivity contribution is 5.93. The molecule has 0 aromatic heterocycles. The molecule has 2 fully saturated rings. The van der Waals surface area contributed by atoms with Gasteiger partial charge in [-0.05, 0) is 86.0 Å². The van der Waals surface area contributed by atoms with Crippen LogP contribution in [-0.2, 0) is 25.5 Å². The van der Waals surface area contributed by atoms with Gasteiger partial charge in [0.1, 0.15) is 5.75 Å². The van der Waals surface area contributed by atoms with Gasteiger partial charge in [0.05, 0.1) is 0 Å². The number of esters is 2. The van der Waals surface area contributed by atoms with Gasteiger partial charge in [-0.3, -0.25) is 14.4 Å². The molecule has 4 rings (SSSR count). The van der Waals surface area contributed by atoms with Crippen molar-refractivity contribution in [2.24, 2.45) is 17.3 Å². The van der Waals surface area contributed by atoms with Gasteiger partial charge in [0.2, 0.25) is 0 Å². The Morgan fingerprint density at radius 2 is 1.71 bits per heavy atom. The number of hydrogen-bond acceptors (Lipinski definition) is 5. The highest BCUT2D eigenvalue weighted by Crippen LogP contribution is 2.60. The molecule has 1 aromatic carbocycles. The molecule has 0 saturated heterocycles. The average Bonchev–Trinajstić information content (AvgIpc) is 3.09. The van der Waals surface area contributed by atoms with Gasteiger partial charge in [-0.15, -0.1) is 0 Å². The first kappa shape index (κ1) is 25.9. The molecule has 1 aromatic rings. The van der Waals surface area contributed by atoms with Gasteiger partial charge in [0.25, 0.3) is 0 Å². The molecule has 35 heavy (non-hydrogen) atoms. The fourth-order valence-electron chi connectivity index (χ4n) is 6.93. The number of benzene rings is 1. The molecule has 3 aliphatic rings. The first-order valence-corrected chi connectivity index (χ1v) is 13.9. The third-order valence-electron chi connectivity index (χ3n) is 8.89. The first-order chi connectivity index (χ1) is 16.9. The largest absolute Gasteiger partial charge is 0.454 e. The Morgan fingerprint density at radius 3 is 2.43 bits per heavy atom. The summed E-state index contributed by atoms with van der Waals surface area (Å²) in [6.45, 7) is 6.34. The smallest absolute Gasteiger partial charge is 0.311 e. The third-order valence-corrected chi connectivity index (χ3v) is 8.89. The Balaban J connectivity index is 1.42. The van der Waals surface area contributed by atoms with Gasteiger partial charge in [0, 0.05) is 18.3 Å². The Labute approximate surface area is 210 Å². The van der Waals surface area contributed by atoms with Crippen molar-refractivity contribution in [2.75, 3.05) is 0 Å². The molecule has 192 valence electrons. The van der Waals surface area contributed by atoms with Crippen molar-refractivity contribution in [1.82, 2.24) is 0 Å². The Bertz CT molecular complexity index is 937. The molecular formula is C30H42O5. The van der Waals surface area contributed by atoms with E-state index in [2.05, 4.69) is 32.9 Å². The first-order valence-electron chi connectivity index (χ1n) is 13.9. The zero-order valence-corrected chi connectivity index (χ0v) is 21.8. The highest BCUT2D eigenvalue weighted by atomic mass is 16.5. The molecule has 0 heterocycles. The Hall–Kier alpha value is -2.17. The molecule has 0 unspecified atom stereocenters. The second-order valence-corrected chi connectivity index (χ2v) is 11.2. The number of ether oxygens (including phenoxy) is 2. The number of hydrogen-bond donors (Lipinski definition) is 0. The molecule has 3 aliphatic carbocycles. The van der Waals surface area contributed by atoms with Gasteiger partial charge in [-0.25, -0.2) is 0 Å². The van der Waals surface area contributed by atoms with Crippen molar-refractivity contribution in [3.05, 3.63) is 29.3 Å². The summed E-state index contributed by atoms with van der Waals surface area (Å²) >= 11 is 0. The molecule has 0 amide bonds. The van der Waals surface area contributed by atoms with E-state index in [-0.39, 0.29) is 29.1 Å². The van der Waals surface area contributed by atoms with E-state index in [1.165, 1.54) is 11.1 Å². The van der Waals surface area contributed by atoms with E-state index in [0.717, 1.165) is 64.2 Å². The zero-order chi connectivity index (χ0) is 25.0. The van der Waals surface area contributed by atoms with Gasteiger partial charge >= 0.3 is 11.9 Å². The summed E-state index contributed by atoms with van der Waals surface area (Å²) in [4.78, 5) is 37.9. The van der Waals surface area contributed by atoms with E-state index >= 15 is 0 Å². The highest BCUT2D eigenvalue weighted by Gasteiger charge is 2.59. The number of rotatable bonds is 10. The lowest BCUT2D eigenvalue weighted by Crippen LogP contribution is -2.43. The Kier molecular flexibility index (Phi) is 8.34. The van der Waals surface area contributed by atoms with Crippen LogP contribution in [0, 0.1) is 17.3 Å². The number of ketones is 1. The molecular weight excluding hydrogens is 440 g/mol. The number of carbonyl (C=O) groups excluding carboxylic acids is 3. The third kappa shape index (κ3) is 5.49. The summed E-state index contributed by atoms with van der Waals surface area (Å²) in [6.07, 6.45) is 10.6. The number of carbonyl (C=O) groups is 3.